The lowest BCUT2D eigenvalue weighted by molar-refractivity contribution is -0.133. The molecule has 7 rings (SSSR count). The van der Waals surface area contributed by atoms with Crippen LogP contribution < -0.4 is 15.4 Å². The molecule has 0 saturated carbocycles. The molecule has 12 nitrogen and oxygen atoms in total. The fraction of sp³-hybridized carbons (Fsp3) is 0.156. The van der Waals surface area contributed by atoms with Gasteiger partial charge in [-0.1, -0.05) is 30.8 Å². The largest absolute Gasteiger partial charge is 0.494 e. The van der Waals surface area contributed by atoms with E-state index in [0.29, 0.717) is 10.5 Å². The van der Waals surface area contributed by atoms with E-state index >= 15 is 8.78 Å². The number of ether oxygens (including phenoxy) is 2. The highest BCUT2D eigenvalue weighted by Gasteiger charge is 2.60. The number of hydrogen-bond acceptors (Lipinski definition) is 8. The Hall–Kier alpha value is -6.05. The normalized spacial score (nSPS) is 18.5. The van der Waals surface area contributed by atoms with Gasteiger partial charge in [-0.15, -0.1) is 0 Å². The number of methoxy groups -OCH3 is 1. The third kappa shape index (κ3) is 3.99. The second-order valence-electron chi connectivity index (χ2n) is 10.7. The van der Waals surface area contributed by atoms with E-state index in [2.05, 4.69) is 17.2 Å². The highest BCUT2D eigenvalue weighted by molar-refractivity contribution is 6.11. The van der Waals surface area contributed by atoms with Crippen LogP contribution in [-0.4, -0.2) is 53.4 Å². The average molecular weight is 629 g/mol. The molecule has 0 aliphatic carbocycles. The van der Waals surface area contributed by atoms with Gasteiger partial charge < -0.3 is 29.4 Å². The lowest BCUT2D eigenvalue weighted by atomic mass is 9.91. The van der Waals surface area contributed by atoms with Crippen LogP contribution in [0.2, 0.25) is 0 Å². The van der Waals surface area contributed by atoms with Gasteiger partial charge in [0.25, 0.3) is 17.7 Å². The zero-order chi connectivity index (χ0) is 32.5. The molecule has 1 saturated heterocycles. The van der Waals surface area contributed by atoms with Crippen LogP contribution in [0.3, 0.4) is 0 Å². The predicted molar refractivity (Wildman–Crippen MR) is 153 cm³/mol. The minimum atomic E-state index is -2.38. The molecule has 1 atom stereocenters. The van der Waals surface area contributed by atoms with Crippen molar-refractivity contribution in [3.05, 3.63) is 112 Å². The Kier molecular flexibility index (Phi) is 6.40. The number of rotatable bonds is 7. The summed E-state index contributed by atoms with van der Waals surface area (Å²) < 4.78 is 46.9. The summed E-state index contributed by atoms with van der Waals surface area (Å²) in [5.41, 5.74) is -2.91. The smallest absolute Gasteiger partial charge is 0.339 e. The first kappa shape index (κ1) is 28.7. The molecule has 232 valence electrons. The van der Waals surface area contributed by atoms with Crippen molar-refractivity contribution in [3.8, 4) is 5.75 Å². The molecular formula is C32H22F2N4O8. The molecule has 14 heteroatoms. The Morgan fingerprint density at radius 3 is 2.52 bits per heavy atom. The predicted octanol–water partition coefficient (Wildman–Crippen LogP) is 3.69. The van der Waals surface area contributed by atoms with Crippen molar-refractivity contribution in [2.24, 2.45) is 0 Å². The molecule has 3 aromatic carbocycles. The van der Waals surface area contributed by atoms with Crippen LogP contribution in [0.4, 0.5) is 13.6 Å². The van der Waals surface area contributed by atoms with Gasteiger partial charge in [-0.05, 0) is 41.5 Å². The molecule has 0 spiro atoms. The minimum absolute atomic E-state index is 0.0607. The number of esters is 1. The highest BCUT2D eigenvalue weighted by Crippen LogP contribution is 2.44. The van der Waals surface area contributed by atoms with E-state index in [9.17, 15) is 24.0 Å². The van der Waals surface area contributed by atoms with Crippen molar-refractivity contribution >= 4 is 40.7 Å². The Balaban J connectivity index is 1.31. The van der Waals surface area contributed by atoms with Gasteiger partial charge in [0.05, 0.1) is 36.0 Å². The summed E-state index contributed by atoms with van der Waals surface area (Å²) in [5, 5.41) is 5.17. The standard InChI is InChI=1S/C32H22F2N4O8/c1-15(37-13-17-8-9-20(44-2)24(33)23(17)28(37)40)32(21-11-18-10-19-12-35-27(39)22(19)25(34)26(18)46-21)30(42)38(31(43)36-32)14-45-29(41)16-6-4-3-5-7-16/h3-11H,1,12-14H2,2H3,(H,35,39)(H,36,43)/t32-/m0/s1. The monoisotopic (exact) mass is 628 g/mol. The molecule has 0 bridgehead atoms. The molecule has 0 unspecified atom stereocenters. The molecule has 1 aromatic heterocycles. The number of hydrogen-bond donors (Lipinski definition) is 2. The van der Waals surface area contributed by atoms with Gasteiger partial charge in [-0.2, -0.15) is 0 Å². The van der Waals surface area contributed by atoms with Gasteiger partial charge in [0.2, 0.25) is 5.54 Å². The summed E-state index contributed by atoms with van der Waals surface area (Å²) in [5.74, 6) is -5.89. The SMILES string of the molecule is C=C(N1Cc2ccc(OC)c(F)c2C1=O)[C@@]1(c2cc3cc4c(c(F)c3o2)C(=O)NC4)NC(=O)N(COC(=O)c2ccccc2)C1=O. The number of imide groups is 1. The van der Waals surface area contributed by atoms with Crippen LogP contribution in [0.25, 0.3) is 11.0 Å². The number of nitrogens with one attached hydrogen (secondary N) is 2. The number of carbonyl (C=O) groups excluding carboxylic acids is 5. The number of benzene rings is 3. The van der Waals surface area contributed by atoms with Crippen molar-refractivity contribution in [2.75, 3.05) is 13.8 Å². The first-order chi connectivity index (χ1) is 22.1. The summed E-state index contributed by atoms with van der Waals surface area (Å²) in [6.45, 7) is 2.94. The summed E-state index contributed by atoms with van der Waals surface area (Å²) in [7, 11) is 1.24. The maximum atomic E-state index is 15.6. The molecule has 4 heterocycles. The minimum Gasteiger partial charge on any atom is -0.494 e. The number of halogens is 2. The fourth-order valence-electron chi connectivity index (χ4n) is 5.93. The number of urea groups is 1. The zero-order valence-electron chi connectivity index (χ0n) is 23.9. The lowest BCUT2D eigenvalue weighted by Crippen LogP contribution is -2.50. The average Bonchev–Trinajstić information content (AvgIpc) is 3.80. The number of fused-ring (bicyclic) bond motifs is 3. The van der Waals surface area contributed by atoms with Crippen LogP contribution >= 0.6 is 0 Å². The number of amides is 5. The first-order valence-corrected chi connectivity index (χ1v) is 13.8. The summed E-state index contributed by atoms with van der Waals surface area (Å²) in [4.78, 5) is 67.7. The Morgan fingerprint density at radius 1 is 1.02 bits per heavy atom. The molecule has 0 radical (unpaired) electrons. The molecule has 4 aromatic rings. The van der Waals surface area contributed by atoms with E-state index in [0.717, 1.165) is 4.90 Å². The highest BCUT2D eigenvalue weighted by atomic mass is 19.1. The van der Waals surface area contributed by atoms with Crippen LogP contribution in [-0.2, 0) is 28.2 Å². The van der Waals surface area contributed by atoms with Crippen molar-refractivity contribution in [1.82, 2.24) is 20.4 Å². The maximum absolute atomic E-state index is 15.6. The Bertz CT molecular complexity index is 2060. The Labute approximate surface area is 258 Å². The second kappa shape index (κ2) is 10.3. The molecular weight excluding hydrogens is 606 g/mol. The number of nitrogens with zero attached hydrogens (tertiary/aromatic N) is 2. The van der Waals surface area contributed by atoms with E-state index in [1.54, 1.807) is 18.2 Å². The maximum Gasteiger partial charge on any atom is 0.339 e. The van der Waals surface area contributed by atoms with Crippen molar-refractivity contribution in [3.63, 3.8) is 0 Å². The lowest BCUT2D eigenvalue weighted by Gasteiger charge is -2.32. The third-order valence-corrected chi connectivity index (χ3v) is 8.27. The van der Waals surface area contributed by atoms with Gasteiger partial charge in [0, 0.05) is 11.9 Å². The van der Waals surface area contributed by atoms with Crippen molar-refractivity contribution < 1.29 is 46.6 Å². The molecule has 46 heavy (non-hydrogen) atoms. The van der Waals surface area contributed by atoms with Gasteiger partial charge in [-0.25, -0.2) is 23.3 Å². The third-order valence-electron chi connectivity index (χ3n) is 8.27. The van der Waals surface area contributed by atoms with Crippen LogP contribution in [0.1, 0.15) is 48.0 Å². The fourth-order valence-corrected chi connectivity index (χ4v) is 5.93. The van der Waals surface area contributed by atoms with Crippen LogP contribution in [0.15, 0.2) is 71.3 Å². The summed E-state index contributed by atoms with van der Waals surface area (Å²) in [6, 6.07) is 12.4. The first-order valence-electron chi connectivity index (χ1n) is 13.8. The topological polar surface area (TPSA) is 147 Å². The van der Waals surface area contributed by atoms with Crippen molar-refractivity contribution in [1.29, 1.82) is 0 Å². The van der Waals surface area contributed by atoms with Crippen LogP contribution in [0.5, 0.6) is 5.75 Å². The second-order valence-corrected chi connectivity index (χ2v) is 10.7. The zero-order valence-corrected chi connectivity index (χ0v) is 23.9. The Morgan fingerprint density at radius 2 is 1.78 bits per heavy atom. The van der Waals surface area contributed by atoms with Crippen molar-refractivity contribution in [2.45, 2.75) is 18.6 Å². The van der Waals surface area contributed by atoms with Gasteiger partial charge in [0.15, 0.2) is 29.7 Å². The van der Waals surface area contributed by atoms with Gasteiger partial charge in [-0.3, -0.25) is 14.4 Å². The van der Waals surface area contributed by atoms with E-state index in [-0.39, 0.29) is 63.5 Å². The molecule has 3 aliphatic heterocycles. The van der Waals surface area contributed by atoms with E-state index in [4.69, 9.17) is 13.9 Å². The molecule has 3 aliphatic rings. The summed E-state index contributed by atoms with van der Waals surface area (Å²) in [6.07, 6.45) is 0. The van der Waals surface area contributed by atoms with Gasteiger partial charge >= 0.3 is 12.0 Å². The number of carbonyl (C=O) groups is 5. The summed E-state index contributed by atoms with van der Waals surface area (Å²) >= 11 is 0. The number of furan rings is 1. The van der Waals surface area contributed by atoms with Gasteiger partial charge in [0.1, 0.15) is 5.76 Å². The molecule has 2 N–H and O–H groups in total. The molecule has 5 amide bonds. The van der Waals surface area contributed by atoms with E-state index in [1.807, 2.05) is 0 Å². The van der Waals surface area contributed by atoms with Crippen LogP contribution in [0, 0.1) is 11.6 Å². The molecule has 1 fully saturated rings. The quantitative estimate of drug-likeness (QED) is 0.233. The van der Waals surface area contributed by atoms with E-state index in [1.165, 1.54) is 43.5 Å². The van der Waals surface area contributed by atoms with E-state index < -0.39 is 53.6 Å².